The number of para-hydroxylation sites is 1. The quantitative estimate of drug-likeness (QED) is 0.839. The van der Waals surface area contributed by atoms with E-state index in [1.54, 1.807) is 0 Å². The lowest BCUT2D eigenvalue weighted by molar-refractivity contribution is -0.135. The molecule has 0 aromatic heterocycles. The lowest BCUT2D eigenvalue weighted by atomic mass is 9.94. The first kappa shape index (κ1) is 14.8. The summed E-state index contributed by atoms with van der Waals surface area (Å²) in [6.07, 6.45) is 1.99. The highest BCUT2D eigenvalue weighted by Gasteiger charge is 2.29. The molecule has 4 heteroatoms. The van der Waals surface area contributed by atoms with Gasteiger partial charge in [-0.05, 0) is 31.4 Å². The normalized spacial score (nSPS) is 20.6. The van der Waals surface area contributed by atoms with Gasteiger partial charge in [0.15, 0.2) is 0 Å². The van der Waals surface area contributed by atoms with Crippen LogP contribution in [0.2, 0.25) is 0 Å². The molecule has 2 aliphatic heterocycles. The Balaban J connectivity index is 1.57. The second-order valence-corrected chi connectivity index (χ2v) is 7.21. The number of anilines is 1. The minimum absolute atomic E-state index is 0.244. The molecule has 0 unspecified atom stereocenters. The minimum Gasteiger partial charge on any atom is -0.371 e. The predicted octanol–water partition coefficient (Wildman–Crippen LogP) is 2.79. The van der Waals surface area contributed by atoms with Crippen molar-refractivity contribution in [3.05, 3.63) is 29.8 Å². The zero-order valence-electron chi connectivity index (χ0n) is 12.8. The molecule has 2 aliphatic rings. The van der Waals surface area contributed by atoms with Gasteiger partial charge >= 0.3 is 0 Å². The summed E-state index contributed by atoms with van der Waals surface area (Å²) in [5.41, 5.74) is 2.66. The largest absolute Gasteiger partial charge is 0.371 e. The first-order chi connectivity index (χ1) is 10.3. The molecule has 0 radical (unpaired) electrons. The van der Waals surface area contributed by atoms with Crippen molar-refractivity contribution in [1.29, 1.82) is 0 Å². The molecule has 2 fully saturated rings. The van der Waals surface area contributed by atoms with Crippen LogP contribution >= 0.6 is 11.8 Å². The van der Waals surface area contributed by atoms with Crippen molar-refractivity contribution in [1.82, 2.24) is 4.90 Å². The van der Waals surface area contributed by atoms with Crippen LogP contribution in [0.3, 0.4) is 0 Å². The Labute approximate surface area is 131 Å². The predicted molar refractivity (Wildman–Crippen MR) is 90.0 cm³/mol. The number of thioether (sulfide) groups is 1. The molecule has 21 heavy (non-hydrogen) atoms. The Morgan fingerprint density at radius 3 is 2.43 bits per heavy atom. The monoisotopic (exact) mass is 304 g/mol. The lowest BCUT2D eigenvalue weighted by Gasteiger charge is -2.37. The number of carbonyl (C=O) groups excluding carboxylic acids is 1. The zero-order chi connectivity index (χ0) is 14.7. The molecule has 1 amide bonds. The number of amides is 1. The second-order valence-electron chi connectivity index (χ2n) is 5.99. The molecule has 0 spiro atoms. The summed E-state index contributed by atoms with van der Waals surface area (Å²) in [5.74, 6) is 2.86. The minimum atomic E-state index is 0.244. The van der Waals surface area contributed by atoms with Gasteiger partial charge in [0, 0.05) is 49.3 Å². The van der Waals surface area contributed by atoms with Crippen LogP contribution in [-0.2, 0) is 4.79 Å². The summed E-state index contributed by atoms with van der Waals surface area (Å²) in [6, 6.07) is 8.55. The third-order valence-electron chi connectivity index (χ3n) is 4.62. The van der Waals surface area contributed by atoms with E-state index in [4.69, 9.17) is 0 Å². The Kier molecular flexibility index (Phi) is 4.73. The molecule has 1 aromatic rings. The highest BCUT2D eigenvalue weighted by Crippen LogP contribution is 2.27. The fraction of sp³-hybridized carbons (Fsp3) is 0.588. The molecule has 0 aliphatic carbocycles. The third-order valence-corrected chi connectivity index (χ3v) is 5.57. The van der Waals surface area contributed by atoms with Gasteiger partial charge in [-0.2, -0.15) is 11.8 Å². The zero-order valence-corrected chi connectivity index (χ0v) is 13.6. The van der Waals surface area contributed by atoms with Crippen molar-refractivity contribution in [3.8, 4) is 0 Å². The van der Waals surface area contributed by atoms with Crippen LogP contribution in [-0.4, -0.2) is 48.5 Å². The molecule has 2 saturated heterocycles. The van der Waals surface area contributed by atoms with E-state index in [-0.39, 0.29) is 5.92 Å². The number of hydrogen-bond donors (Lipinski definition) is 0. The summed E-state index contributed by atoms with van der Waals surface area (Å²) in [7, 11) is 0. The maximum atomic E-state index is 12.6. The maximum absolute atomic E-state index is 12.6. The molecular formula is C17H24N2OS. The highest BCUT2D eigenvalue weighted by atomic mass is 32.2. The van der Waals surface area contributed by atoms with Gasteiger partial charge in [0.05, 0.1) is 0 Å². The molecule has 1 aromatic carbocycles. The molecule has 0 bridgehead atoms. The number of nitrogens with zero attached hydrogens (tertiary/aromatic N) is 2. The number of rotatable bonds is 2. The summed E-state index contributed by atoms with van der Waals surface area (Å²) in [6.45, 7) is 6.06. The van der Waals surface area contributed by atoms with Crippen molar-refractivity contribution >= 4 is 23.4 Å². The van der Waals surface area contributed by atoms with Crippen LogP contribution in [0.5, 0.6) is 0 Å². The highest BCUT2D eigenvalue weighted by molar-refractivity contribution is 7.99. The topological polar surface area (TPSA) is 23.6 Å². The van der Waals surface area contributed by atoms with E-state index >= 15 is 0 Å². The molecule has 0 atom stereocenters. The fourth-order valence-electron chi connectivity index (χ4n) is 3.33. The standard InChI is InChI=1S/C17H24N2OS/c1-14-4-2-3-5-16(14)18-8-6-15(7-9-18)17(20)19-10-12-21-13-11-19/h2-5,15H,6-13H2,1H3. The summed E-state index contributed by atoms with van der Waals surface area (Å²) < 4.78 is 0. The second kappa shape index (κ2) is 6.73. The number of hydrogen-bond acceptors (Lipinski definition) is 3. The summed E-state index contributed by atoms with van der Waals surface area (Å²) >= 11 is 1.96. The average Bonchev–Trinajstić information content (AvgIpc) is 2.56. The average molecular weight is 304 g/mol. The van der Waals surface area contributed by atoms with E-state index in [2.05, 4.69) is 41.0 Å². The molecule has 3 nitrogen and oxygen atoms in total. The number of carbonyl (C=O) groups is 1. The molecular weight excluding hydrogens is 280 g/mol. The van der Waals surface area contributed by atoms with Crippen molar-refractivity contribution in [3.63, 3.8) is 0 Å². The third kappa shape index (κ3) is 3.37. The van der Waals surface area contributed by atoms with Crippen LogP contribution in [0.15, 0.2) is 24.3 Å². The smallest absolute Gasteiger partial charge is 0.225 e. The Bertz CT molecular complexity index is 491. The van der Waals surface area contributed by atoms with Gasteiger partial charge in [-0.3, -0.25) is 4.79 Å². The maximum Gasteiger partial charge on any atom is 0.225 e. The van der Waals surface area contributed by atoms with E-state index in [0.717, 1.165) is 50.5 Å². The van der Waals surface area contributed by atoms with Gasteiger partial charge < -0.3 is 9.80 Å². The lowest BCUT2D eigenvalue weighted by Crippen LogP contribution is -2.45. The van der Waals surface area contributed by atoms with Crippen molar-refractivity contribution in [2.24, 2.45) is 5.92 Å². The van der Waals surface area contributed by atoms with Crippen LogP contribution in [0.4, 0.5) is 5.69 Å². The van der Waals surface area contributed by atoms with E-state index in [1.165, 1.54) is 11.3 Å². The molecule has 0 N–H and O–H groups in total. The van der Waals surface area contributed by atoms with Crippen LogP contribution < -0.4 is 4.90 Å². The molecule has 2 heterocycles. The van der Waals surface area contributed by atoms with Gasteiger partial charge in [0.25, 0.3) is 0 Å². The molecule has 114 valence electrons. The van der Waals surface area contributed by atoms with E-state index < -0.39 is 0 Å². The van der Waals surface area contributed by atoms with Crippen molar-refractivity contribution in [2.75, 3.05) is 42.6 Å². The van der Waals surface area contributed by atoms with Gasteiger partial charge in [-0.1, -0.05) is 18.2 Å². The Morgan fingerprint density at radius 2 is 1.76 bits per heavy atom. The summed E-state index contributed by atoms with van der Waals surface area (Å²) in [4.78, 5) is 17.1. The fourth-order valence-corrected chi connectivity index (χ4v) is 4.23. The van der Waals surface area contributed by atoms with E-state index in [0.29, 0.717) is 5.91 Å². The van der Waals surface area contributed by atoms with Crippen LogP contribution in [0.25, 0.3) is 0 Å². The van der Waals surface area contributed by atoms with E-state index in [1.807, 2.05) is 11.8 Å². The van der Waals surface area contributed by atoms with Gasteiger partial charge in [0.2, 0.25) is 5.91 Å². The van der Waals surface area contributed by atoms with Crippen molar-refractivity contribution in [2.45, 2.75) is 19.8 Å². The number of benzene rings is 1. The van der Waals surface area contributed by atoms with Gasteiger partial charge in [-0.25, -0.2) is 0 Å². The van der Waals surface area contributed by atoms with Gasteiger partial charge in [-0.15, -0.1) is 0 Å². The number of piperidine rings is 1. The van der Waals surface area contributed by atoms with Crippen LogP contribution in [0, 0.1) is 12.8 Å². The SMILES string of the molecule is Cc1ccccc1N1CCC(C(=O)N2CCSCC2)CC1. The molecule has 0 saturated carbocycles. The van der Waals surface area contributed by atoms with Crippen molar-refractivity contribution < 1.29 is 4.79 Å². The first-order valence-electron chi connectivity index (χ1n) is 7.93. The van der Waals surface area contributed by atoms with Gasteiger partial charge in [0.1, 0.15) is 0 Å². The van der Waals surface area contributed by atoms with E-state index in [9.17, 15) is 4.79 Å². The van der Waals surface area contributed by atoms with Crippen LogP contribution in [0.1, 0.15) is 18.4 Å². The summed E-state index contributed by atoms with van der Waals surface area (Å²) in [5, 5.41) is 0. The Hall–Kier alpha value is -1.16. The number of aryl methyl sites for hydroxylation is 1. The first-order valence-corrected chi connectivity index (χ1v) is 9.08. The Morgan fingerprint density at radius 1 is 1.10 bits per heavy atom. The molecule has 3 rings (SSSR count).